The van der Waals surface area contributed by atoms with Gasteiger partial charge in [-0.3, -0.25) is 19.7 Å². The Morgan fingerprint density at radius 3 is 2.34 bits per heavy atom. The van der Waals surface area contributed by atoms with Gasteiger partial charge in [-0.15, -0.1) is 0 Å². The summed E-state index contributed by atoms with van der Waals surface area (Å²) in [7, 11) is 0. The number of aryl methyl sites for hydroxylation is 2. The molecule has 0 aliphatic carbocycles. The fraction of sp³-hybridized carbons (Fsp3) is 0.0952. The van der Waals surface area contributed by atoms with E-state index in [-0.39, 0.29) is 11.5 Å². The van der Waals surface area contributed by atoms with Crippen LogP contribution >= 0.6 is 0 Å². The van der Waals surface area contributed by atoms with Crippen molar-refractivity contribution in [2.45, 2.75) is 13.8 Å². The zero-order valence-corrected chi connectivity index (χ0v) is 15.7. The van der Waals surface area contributed by atoms with Crippen molar-refractivity contribution in [1.82, 2.24) is 15.3 Å². The first-order valence-electron chi connectivity index (χ1n) is 8.89. The fourth-order valence-electron chi connectivity index (χ4n) is 3.10. The SMILES string of the molecule is Cc1cc(C)nc(Nc2cccc(C(=O)Nc3ccc4c(c3)C(=O)NC4=O)c2)n1. The van der Waals surface area contributed by atoms with Crippen molar-refractivity contribution in [2.75, 3.05) is 10.6 Å². The minimum atomic E-state index is -0.472. The van der Waals surface area contributed by atoms with E-state index in [0.717, 1.165) is 11.4 Å². The quantitative estimate of drug-likeness (QED) is 0.593. The highest BCUT2D eigenvalue weighted by Gasteiger charge is 2.26. The molecule has 1 aliphatic rings. The first-order chi connectivity index (χ1) is 13.9. The van der Waals surface area contributed by atoms with Gasteiger partial charge in [0.15, 0.2) is 0 Å². The van der Waals surface area contributed by atoms with E-state index in [9.17, 15) is 14.4 Å². The molecule has 0 bridgehead atoms. The second kappa shape index (κ2) is 7.16. The Hall–Kier alpha value is -4.07. The molecule has 3 N–H and O–H groups in total. The van der Waals surface area contributed by atoms with Gasteiger partial charge in [0.2, 0.25) is 5.95 Å². The second-order valence-corrected chi connectivity index (χ2v) is 6.68. The number of aromatic nitrogens is 2. The summed E-state index contributed by atoms with van der Waals surface area (Å²) in [6.45, 7) is 3.77. The van der Waals surface area contributed by atoms with Crippen LogP contribution in [-0.2, 0) is 0 Å². The molecule has 0 spiro atoms. The fourth-order valence-corrected chi connectivity index (χ4v) is 3.10. The summed E-state index contributed by atoms with van der Waals surface area (Å²) in [5.74, 6) is -0.801. The largest absolute Gasteiger partial charge is 0.324 e. The predicted molar refractivity (Wildman–Crippen MR) is 107 cm³/mol. The third kappa shape index (κ3) is 3.81. The lowest BCUT2D eigenvalue weighted by molar-refractivity contribution is 0.0878. The smallest absolute Gasteiger partial charge is 0.259 e. The molecule has 4 rings (SSSR count). The first kappa shape index (κ1) is 18.3. The average molecular weight is 387 g/mol. The van der Waals surface area contributed by atoms with Gasteiger partial charge in [-0.1, -0.05) is 6.07 Å². The molecule has 29 heavy (non-hydrogen) atoms. The molecule has 0 radical (unpaired) electrons. The summed E-state index contributed by atoms with van der Waals surface area (Å²) in [6, 6.07) is 13.4. The lowest BCUT2D eigenvalue weighted by Gasteiger charge is -2.09. The third-order valence-electron chi connectivity index (χ3n) is 4.36. The number of hydrogen-bond donors (Lipinski definition) is 3. The standard InChI is InChI=1S/C21H17N5O3/c1-11-8-12(2)23-21(22-11)25-14-5-3-4-13(9-14)18(27)24-15-6-7-16-17(10-15)20(29)26-19(16)28/h3-10H,1-2H3,(H,24,27)(H,22,23,25)(H,26,28,29). The Bertz CT molecular complexity index is 1150. The zero-order chi connectivity index (χ0) is 20.5. The van der Waals surface area contributed by atoms with Crippen molar-refractivity contribution in [3.05, 3.63) is 76.6 Å². The Labute approximate surface area is 166 Å². The first-order valence-corrected chi connectivity index (χ1v) is 8.89. The van der Waals surface area contributed by atoms with Crippen molar-refractivity contribution in [3.8, 4) is 0 Å². The number of anilines is 3. The van der Waals surface area contributed by atoms with E-state index in [2.05, 4.69) is 25.9 Å². The van der Waals surface area contributed by atoms with Crippen LogP contribution < -0.4 is 16.0 Å². The van der Waals surface area contributed by atoms with Crippen LogP contribution in [0.25, 0.3) is 0 Å². The van der Waals surface area contributed by atoms with E-state index in [4.69, 9.17) is 0 Å². The van der Waals surface area contributed by atoms with Crippen molar-refractivity contribution in [1.29, 1.82) is 0 Å². The number of imide groups is 1. The van der Waals surface area contributed by atoms with Crippen LogP contribution in [0.4, 0.5) is 17.3 Å². The van der Waals surface area contributed by atoms with E-state index >= 15 is 0 Å². The van der Waals surface area contributed by atoms with Crippen molar-refractivity contribution in [2.24, 2.45) is 0 Å². The lowest BCUT2D eigenvalue weighted by Crippen LogP contribution is -2.19. The van der Waals surface area contributed by atoms with Gasteiger partial charge in [-0.25, -0.2) is 9.97 Å². The summed E-state index contributed by atoms with van der Waals surface area (Å²) in [4.78, 5) is 44.7. The number of nitrogens with zero attached hydrogens (tertiary/aromatic N) is 2. The van der Waals surface area contributed by atoms with Crippen LogP contribution in [0, 0.1) is 13.8 Å². The minimum absolute atomic E-state index is 0.246. The molecular formula is C21H17N5O3. The Balaban J connectivity index is 1.53. The topological polar surface area (TPSA) is 113 Å². The molecule has 0 unspecified atom stereocenters. The lowest BCUT2D eigenvalue weighted by atomic mass is 10.1. The number of nitrogens with one attached hydrogen (secondary N) is 3. The zero-order valence-electron chi connectivity index (χ0n) is 15.7. The van der Waals surface area contributed by atoms with Gasteiger partial charge in [0, 0.05) is 28.3 Å². The highest BCUT2D eigenvalue weighted by atomic mass is 16.2. The molecular weight excluding hydrogens is 370 g/mol. The van der Waals surface area contributed by atoms with Crippen LogP contribution in [0.1, 0.15) is 42.5 Å². The number of hydrogen-bond acceptors (Lipinski definition) is 6. The molecule has 0 saturated heterocycles. The molecule has 0 fully saturated rings. The van der Waals surface area contributed by atoms with Gasteiger partial charge < -0.3 is 10.6 Å². The highest BCUT2D eigenvalue weighted by molar-refractivity contribution is 6.22. The molecule has 3 amide bonds. The number of carbonyl (C=O) groups is 3. The second-order valence-electron chi connectivity index (χ2n) is 6.68. The predicted octanol–water partition coefficient (Wildman–Crippen LogP) is 2.97. The van der Waals surface area contributed by atoms with Crippen LogP contribution in [0.2, 0.25) is 0 Å². The van der Waals surface area contributed by atoms with Crippen LogP contribution in [-0.4, -0.2) is 27.7 Å². The summed E-state index contributed by atoms with van der Waals surface area (Å²) in [5, 5.41) is 8.06. The number of amides is 3. The van der Waals surface area contributed by atoms with Crippen LogP contribution in [0.15, 0.2) is 48.5 Å². The molecule has 0 saturated carbocycles. The van der Waals surface area contributed by atoms with Gasteiger partial charge in [0.1, 0.15) is 0 Å². The Kier molecular flexibility index (Phi) is 4.52. The maximum atomic E-state index is 12.6. The molecule has 2 heterocycles. The summed E-state index contributed by atoms with van der Waals surface area (Å²) in [5.41, 5.74) is 3.74. The normalized spacial score (nSPS) is 12.3. The summed E-state index contributed by atoms with van der Waals surface area (Å²) in [6.07, 6.45) is 0. The van der Waals surface area contributed by atoms with Crippen LogP contribution in [0.3, 0.4) is 0 Å². The van der Waals surface area contributed by atoms with Gasteiger partial charge in [0.05, 0.1) is 11.1 Å². The molecule has 1 aromatic heterocycles. The monoisotopic (exact) mass is 387 g/mol. The van der Waals surface area contributed by atoms with Crippen molar-refractivity contribution in [3.63, 3.8) is 0 Å². The molecule has 2 aromatic carbocycles. The summed E-state index contributed by atoms with van der Waals surface area (Å²) < 4.78 is 0. The van der Waals surface area contributed by atoms with E-state index < -0.39 is 11.8 Å². The average Bonchev–Trinajstić information content (AvgIpc) is 2.94. The molecule has 8 heteroatoms. The molecule has 3 aromatic rings. The Morgan fingerprint density at radius 2 is 1.59 bits per heavy atom. The van der Waals surface area contributed by atoms with E-state index in [0.29, 0.717) is 28.5 Å². The maximum Gasteiger partial charge on any atom is 0.259 e. The number of carbonyl (C=O) groups excluding carboxylic acids is 3. The third-order valence-corrected chi connectivity index (χ3v) is 4.36. The number of fused-ring (bicyclic) bond motifs is 1. The van der Waals surface area contributed by atoms with Gasteiger partial charge in [-0.2, -0.15) is 0 Å². The van der Waals surface area contributed by atoms with Gasteiger partial charge in [0.25, 0.3) is 17.7 Å². The van der Waals surface area contributed by atoms with E-state index in [1.807, 2.05) is 26.0 Å². The highest BCUT2D eigenvalue weighted by Crippen LogP contribution is 2.21. The molecule has 8 nitrogen and oxygen atoms in total. The minimum Gasteiger partial charge on any atom is -0.324 e. The Morgan fingerprint density at radius 1 is 0.862 bits per heavy atom. The van der Waals surface area contributed by atoms with E-state index in [1.54, 1.807) is 24.3 Å². The molecule has 0 atom stereocenters. The maximum absolute atomic E-state index is 12.6. The van der Waals surface area contributed by atoms with Crippen LogP contribution in [0.5, 0.6) is 0 Å². The molecule has 144 valence electrons. The van der Waals surface area contributed by atoms with Gasteiger partial charge in [-0.05, 0) is 56.3 Å². The van der Waals surface area contributed by atoms with Gasteiger partial charge >= 0.3 is 0 Å². The number of rotatable bonds is 4. The summed E-state index contributed by atoms with van der Waals surface area (Å²) >= 11 is 0. The number of benzene rings is 2. The van der Waals surface area contributed by atoms with Crippen molar-refractivity contribution >= 4 is 35.0 Å². The van der Waals surface area contributed by atoms with Crippen molar-refractivity contribution < 1.29 is 14.4 Å². The van der Waals surface area contributed by atoms with E-state index in [1.165, 1.54) is 12.1 Å². The molecule has 1 aliphatic heterocycles.